The zero-order chi connectivity index (χ0) is 46.2. The summed E-state index contributed by atoms with van der Waals surface area (Å²) in [7, 11) is 0. The number of carbonyl (C=O) groups is 5. The van der Waals surface area contributed by atoms with Crippen molar-refractivity contribution in [2.45, 2.75) is 102 Å². The Morgan fingerprint density at radius 1 is 0.877 bits per heavy atom. The van der Waals surface area contributed by atoms with Crippen LogP contribution in [-0.2, 0) is 31.3 Å². The van der Waals surface area contributed by atoms with Crippen LogP contribution in [0.5, 0.6) is 0 Å². The number of carbonyl (C=O) groups excluding carboxylic acids is 5. The minimum Gasteiger partial charge on any atom is -0.445 e. The number of aliphatic hydroxyl groups is 1. The molecule has 1 saturated heterocycles. The van der Waals surface area contributed by atoms with Gasteiger partial charge in [-0.2, -0.15) is 0 Å². The van der Waals surface area contributed by atoms with Crippen molar-refractivity contribution in [3.05, 3.63) is 136 Å². The van der Waals surface area contributed by atoms with Gasteiger partial charge >= 0.3 is 12.2 Å². The highest BCUT2D eigenvalue weighted by Gasteiger charge is 2.64. The predicted molar refractivity (Wildman–Crippen MR) is 241 cm³/mol. The number of fused-ring (bicyclic) bond motifs is 7. The number of amides is 5. The topological polar surface area (TPSA) is 202 Å². The van der Waals surface area contributed by atoms with Crippen molar-refractivity contribution in [1.29, 1.82) is 0 Å². The normalized spacial score (nSPS) is 20.3. The van der Waals surface area contributed by atoms with E-state index >= 15 is 4.79 Å². The second kappa shape index (κ2) is 17.8. The van der Waals surface area contributed by atoms with Crippen molar-refractivity contribution in [1.82, 2.24) is 30.4 Å². The fourth-order valence-electron chi connectivity index (χ4n) is 9.12. The summed E-state index contributed by atoms with van der Waals surface area (Å²) in [5, 5.41) is 22.3. The number of alkyl carbamates (subject to hydrolysis) is 2. The lowest BCUT2D eigenvalue weighted by atomic mass is 9.85. The molecule has 4 heterocycles. The fraction of sp³-hybridized carbons (Fsp3) is 0.367. The molecule has 1 fully saturated rings. The van der Waals surface area contributed by atoms with E-state index in [1.165, 1.54) is 14.4 Å². The number of benzene rings is 4. The average Bonchev–Trinajstić information content (AvgIpc) is 3.65. The van der Waals surface area contributed by atoms with Gasteiger partial charge in [-0.15, -0.1) is 0 Å². The number of nitrogens with zero attached hydrogens (tertiary/aromatic N) is 4. The number of ether oxygens (including phenoxy) is 2. The van der Waals surface area contributed by atoms with Crippen LogP contribution in [0.4, 0.5) is 15.3 Å². The maximum Gasteiger partial charge on any atom is 0.408 e. The molecule has 3 aliphatic heterocycles. The predicted octanol–water partition coefficient (Wildman–Crippen LogP) is 5.98. The number of hydrogen-bond donors (Lipinski definition) is 4. The number of nitrogens with one attached hydrogen (secondary N) is 3. The molecule has 0 bridgehead atoms. The van der Waals surface area contributed by atoms with E-state index < -0.39 is 71.0 Å². The quantitative estimate of drug-likeness (QED) is 0.108. The summed E-state index contributed by atoms with van der Waals surface area (Å²) in [5.74, 6) is -1.56. The summed E-state index contributed by atoms with van der Waals surface area (Å²) in [4.78, 5) is 92.7. The third kappa shape index (κ3) is 8.77. The molecule has 16 nitrogen and oxygen atoms in total. The summed E-state index contributed by atoms with van der Waals surface area (Å²) in [6.07, 6.45) is -2.84. The molecule has 5 aromatic rings. The molecular formula is C49H53N7O9. The highest BCUT2D eigenvalue weighted by molar-refractivity contribution is 6.07. The Labute approximate surface area is 375 Å². The van der Waals surface area contributed by atoms with Crippen molar-refractivity contribution < 1.29 is 38.6 Å². The van der Waals surface area contributed by atoms with E-state index in [4.69, 9.17) is 14.5 Å². The van der Waals surface area contributed by atoms with Crippen LogP contribution in [-0.4, -0.2) is 79.9 Å². The minimum absolute atomic E-state index is 0.00153. The first-order valence-electron chi connectivity index (χ1n) is 21.9. The lowest BCUT2D eigenvalue weighted by molar-refractivity contribution is -0.145. The monoisotopic (exact) mass is 883 g/mol. The molecule has 5 amide bonds. The SMILES string of the molecule is CC(C)C[C@H]1C(=O)N2c3ccccc3[C@@](O)(C[C@@H]3NC(=O)c4ccccc4-n4c3nc3ccccc3c4=O)[C@H]2N1C(=O)C(CCCNC(=O)OCc1ccccc1)NC(=O)OC(C)(C)C. The smallest absolute Gasteiger partial charge is 0.408 e. The van der Waals surface area contributed by atoms with Crippen molar-refractivity contribution >= 4 is 46.5 Å². The Balaban J connectivity index is 1.17. The molecule has 0 spiro atoms. The van der Waals surface area contributed by atoms with Crippen LogP contribution in [0.25, 0.3) is 16.6 Å². The van der Waals surface area contributed by atoms with Gasteiger partial charge in [0.15, 0.2) is 0 Å². The highest BCUT2D eigenvalue weighted by Crippen LogP contribution is 2.53. The van der Waals surface area contributed by atoms with E-state index in [-0.39, 0.29) is 56.1 Å². The fourth-order valence-corrected chi connectivity index (χ4v) is 9.12. The molecule has 5 atom stereocenters. The van der Waals surface area contributed by atoms with Gasteiger partial charge in [-0.25, -0.2) is 14.6 Å². The van der Waals surface area contributed by atoms with E-state index in [1.54, 1.807) is 93.6 Å². The summed E-state index contributed by atoms with van der Waals surface area (Å²) in [5.41, 5.74) is -1.02. The van der Waals surface area contributed by atoms with Crippen LogP contribution in [0.2, 0.25) is 0 Å². The van der Waals surface area contributed by atoms with Gasteiger partial charge in [-0.1, -0.05) is 86.6 Å². The van der Waals surface area contributed by atoms with Crippen LogP contribution in [0.3, 0.4) is 0 Å². The maximum absolute atomic E-state index is 15.4. The number of hydrogen-bond acceptors (Lipinski definition) is 10. The largest absolute Gasteiger partial charge is 0.445 e. The molecule has 4 N–H and O–H groups in total. The molecule has 0 radical (unpaired) electrons. The van der Waals surface area contributed by atoms with Gasteiger partial charge in [0, 0.05) is 18.5 Å². The van der Waals surface area contributed by atoms with E-state index in [2.05, 4.69) is 16.0 Å². The lowest BCUT2D eigenvalue weighted by Crippen LogP contribution is -2.59. The minimum atomic E-state index is -2.09. The third-order valence-electron chi connectivity index (χ3n) is 11.8. The van der Waals surface area contributed by atoms with E-state index in [0.29, 0.717) is 27.8 Å². The number of anilines is 1. The van der Waals surface area contributed by atoms with Gasteiger partial charge in [0.1, 0.15) is 41.9 Å². The maximum atomic E-state index is 15.4. The molecular weight excluding hydrogens is 831 g/mol. The Hall–Kier alpha value is -7.07. The summed E-state index contributed by atoms with van der Waals surface area (Å²) in [6.45, 7) is 9.04. The zero-order valence-electron chi connectivity index (χ0n) is 36.9. The summed E-state index contributed by atoms with van der Waals surface area (Å²) >= 11 is 0. The molecule has 16 heteroatoms. The van der Waals surface area contributed by atoms with E-state index in [0.717, 1.165) is 5.56 Å². The number of para-hydroxylation sites is 3. The van der Waals surface area contributed by atoms with Gasteiger partial charge in [0.25, 0.3) is 17.4 Å². The molecule has 4 aromatic carbocycles. The van der Waals surface area contributed by atoms with Crippen molar-refractivity contribution in [3.8, 4) is 5.69 Å². The highest BCUT2D eigenvalue weighted by atomic mass is 16.6. The Kier molecular flexibility index (Phi) is 12.2. The molecule has 338 valence electrons. The van der Waals surface area contributed by atoms with Gasteiger partial charge in [-0.05, 0) is 81.8 Å². The number of rotatable bonds is 12. The van der Waals surface area contributed by atoms with Crippen LogP contribution < -0.4 is 26.4 Å². The van der Waals surface area contributed by atoms with Crippen molar-refractivity contribution in [2.75, 3.05) is 11.4 Å². The van der Waals surface area contributed by atoms with Crippen LogP contribution in [0.15, 0.2) is 108 Å². The third-order valence-corrected chi connectivity index (χ3v) is 11.8. The Morgan fingerprint density at radius 2 is 1.55 bits per heavy atom. The van der Waals surface area contributed by atoms with Gasteiger partial charge in [0.2, 0.25) is 5.91 Å². The van der Waals surface area contributed by atoms with Gasteiger partial charge in [0.05, 0.1) is 33.9 Å². The second-order valence-corrected chi connectivity index (χ2v) is 18.1. The molecule has 8 rings (SSSR count). The Morgan fingerprint density at radius 3 is 2.29 bits per heavy atom. The van der Waals surface area contributed by atoms with Crippen LogP contribution in [0.1, 0.15) is 93.7 Å². The van der Waals surface area contributed by atoms with Crippen molar-refractivity contribution in [2.24, 2.45) is 5.92 Å². The number of aromatic nitrogens is 2. The lowest BCUT2D eigenvalue weighted by Gasteiger charge is -2.40. The van der Waals surface area contributed by atoms with Crippen LogP contribution >= 0.6 is 0 Å². The van der Waals surface area contributed by atoms with Crippen LogP contribution in [0, 0.1) is 5.92 Å². The van der Waals surface area contributed by atoms with E-state index in [1.807, 2.05) is 44.2 Å². The zero-order valence-corrected chi connectivity index (χ0v) is 36.9. The molecule has 3 aliphatic rings. The standard InChI is InChI=1S/C49H53N7O9/c1-29(2)26-39-44(60)55-38-24-14-11-20-33(38)49(63,27-36-40-51-34-21-12-9-18-31(34)42(58)54(40)37-23-13-10-19-32(37)41(57)52-36)45(55)56(39)43(59)35(53-47(62)65-48(3,4)5)22-15-25-50-46(61)64-28-30-16-7-6-8-17-30/h6-14,16-21,23-24,29,35-36,39,45,63H,15,22,25-28H2,1-5H3,(H,50,61)(H,52,57)(H,53,62)/t35?,36-,39-,45+,49-/m0/s1. The van der Waals surface area contributed by atoms with E-state index in [9.17, 15) is 29.1 Å². The first kappa shape index (κ1) is 44.5. The molecule has 0 saturated carbocycles. The van der Waals surface area contributed by atoms with Gasteiger partial charge < -0.3 is 35.4 Å². The average molecular weight is 884 g/mol. The second-order valence-electron chi connectivity index (χ2n) is 18.1. The summed E-state index contributed by atoms with van der Waals surface area (Å²) < 4.78 is 12.3. The Bertz CT molecular complexity index is 2720. The molecule has 65 heavy (non-hydrogen) atoms. The van der Waals surface area contributed by atoms with Crippen molar-refractivity contribution in [3.63, 3.8) is 0 Å². The first-order chi connectivity index (χ1) is 31.1. The molecule has 0 aliphatic carbocycles. The molecule has 1 unspecified atom stereocenters. The van der Waals surface area contributed by atoms with Gasteiger partial charge in [-0.3, -0.25) is 28.6 Å². The first-order valence-corrected chi connectivity index (χ1v) is 21.9. The summed E-state index contributed by atoms with van der Waals surface area (Å²) in [6, 6.07) is 26.0. The molecule has 1 aromatic heterocycles.